The molecular formula is C16H17FO6S. The van der Waals surface area contributed by atoms with Crippen LogP contribution in [0, 0.1) is 11.7 Å². The van der Waals surface area contributed by atoms with Gasteiger partial charge in [0.2, 0.25) is 0 Å². The van der Waals surface area contributed by atoms with Gasteiger partial charge in [0.05, 0.1) is 17.9 Å². The molecule has 6 nitrogen and oxygen atoms in total. The van der Waals surface area contributed by atoms with Crippen molar-refractivity contribution < 1.29 is 33.3 Å². The van der Waals surface area contributed by atoms with E-state index >= 15 is 0 Å². The van der Waals surface area contributed by atoms with E-state index in [4.69, 9.17) is 9.47 Å². The normalized spacial score (nSPS) is 12.2. The van der Waals surface area contributed by atoms with E-state index in [0.29, 0.717) is 9.58 Å². The maximum Gasteiger partial charge on any atom is 0.308 e. The topological polar surface area (TPSA) is 82.1 Å². The summed E-state index contributed by atoms with van der Waals surface area (Å²) in [5, 5.41) is 10.0. The molecule has 8 heteroatoms. The summed E-state index contributed by atoms with van der Waals surface area (Å²) in [6.45, 7) is 1.36. The third-order valence-corrected chi connectivity index (χ3v) is 4.51. The number of halogens is 1. The van der Waals surface area contributed by atoms with Gasteiger partial charge in [0.1, 0.15) is 0 Å². The van der Waals surface area contributed by atoms with E-state index in [1.165, 1.54) is 26.4 Å². The number of ketones is 1. The lowest BCUT2D eigenvalue weighted by molar-refractivity contribution is -0.144. The summed E-state index contributed by atoms with van der Waals surface area (Å²) in [7, 11) is 2.62. The summed E-state index contributed by atoms with van der Waals surface area (Å²) in [6, 6.07) is 2.72. The highest BCUT2D eigenvalue weighted by molar-refractivity contribution is 7.20. The number of hydrogen-bond acceptors (Lipinski definition) is 7. The van der Waals surface area contributed by atoms with Crippen LogP contribution in [0.2, 0.25) is 0 Å². The number of fused-ring (bicyclic) bond motifs is 1. The van der Waals surface area contributed by atoms with Crippen LogP contribution in [0.15, 0.2) is 12.1 Å². The van der Waals surface area contributed by atoms with Crippen molar-refractivity contribution in [3.05, 3.63) is 22.8 Å². The minimum absolute atomic E-state index is 0.0415. The second-order valence-electron chi connectivity index (χ2n) is 5.16. The van der Waals surface area contributed by atoms with Crippen LogP contribution in [0.1, 0.15) is 23.0 Å². The SMILES string of the molecule is COCOc1c(O)cc2sc(C(=O)C[C@H](C)C(=O)OC)cc2c1F. The summed E-state index contributed by atoms with van der Waals surface area (Å²) in [4.78, 5) is 24.0. The lowest BCUT2D eigenvalue weighted by Gasteiger charge is -2.08. The fraction of sp³-hybridized carbons (Fsp3) is 0.375. The number of carbonyl (C=O) groups excluding carboxylic acids is 2. The van der Waals surface area contributed by atoms with E-state index in [2.05, 4.69) is 4.74 Å². The van der Waals surface area contributed by atoms with Crippen molar-refractivity contribution in [3.63, 3.8) is 0 Å². The largest absolute Gasteiger partial charge is 0.504 e. The Balaban J connectivity index is 2.32. The van der Waals surface area contributed by atoms with Crippen molar-refractivity contribution in [2.24, 2.45) is 5.92 Å². The zero-order valence-electron chi connectivity index (χ0n) is 13.4. The van der Waals surface area contributed by atoms with Gasteiger partial charge in [-0.2, -0.15) is 0 Å². The number of hydrogen-bond donors (Lipinski definition) is 1. The molecule has 0 aliphatic rings. The molecule has 24 heavy (non-hydrogen) atoms. The number of Topliss-reactive ketones (excluding diaryl/α,β-unsaturated/α-hetero) is 1. The summed E-state index contributed by atoms with van der Waals surface area (Å²) in [5.74, 6) is -2.84. The third-order valence-electron chi connectivity index (χ3n) is 3.39. The average Bonchev–Trinajstić information content (AvgIpc) is 2.98. The number of aromatic hydroxyl groups is 1. The molecule has 1 aromatic carbocycles. The first kappa shape index (κ1) is 18.2. The number of esters is 1. The molecule has 0 aliphatic heterocycles. The first-order valence-electron chi connectivity index (χ1n) is 7.06. The van der Waals surface area contributed by atoms with Crippen LogP contribution in [0.25, 0.3) is 10.1 Å². The number of phenolic OH excluding ortho intramolecular Hbond substituents is 1. The highest BCUT2D eigenvalue weighted by Gasteiger charge is 2.22. The van der Waals surface area contributed by atoms with Crippen LogP contribution >= 0.6 is 11.3 Å². The van der Waals surface area contributed by atoms with Crippen LogP contribution in [0.5, 0.6) is 11.5 Å². The van der Waals surface area contributed by atoms with Crippen LogP contribution < -0.4 is 4.74 Å². The smallest absolute Gasteiger partial charge is 0.308 e. The minimum Gasteiger partial charge on any atom is -0.504 e. The van der Waals surface area contributed by atoms with E-state index in [-0.39, 0.29) is 35.9 Å². The quantitative estimate of drug-likeness (QED) is 0.466. The van der Waals surface area contributed by atoms with Gasteiger partial charge in [0, 0.05) is 29.7 Å². The van der Waals surface area contributed by atoms with Gasteiger partial charge in [-0.1, -0.05) is 6.92 Å². The summed E-state index contributed by atoms with van der Waals surface area (Å²) >= 11 is 1.04. The molecule has 2 aromatic rings. The summed E-state index contributed by atoms with van der Waals surface area (Å²) in [5.41, 5.74) is 0. The van der Waals surface area contributed by atoms with Crippen molar-refractivity contribution in [2.45, 2.75) is 13.3 Å². The fourth-order valence-electron chi connectivity index (χ4n) is 2.16. The molecule has 0 fully saturated rings. The summed E-state index contributed by atoms with van der Waals surface area (Å²) in [6.07, 6.45) is -0.0415. The van der Waals surface area contributed by atoms with Gasteiger partial charge in [-0.15, -0.1) is 11.3 Å². The lowest BCUT2D eigenvalue weighted by Crippen LogP contribution is -2.16. The van der Waals surface area contributed by atoms with E-state index < -0.39 is 17.7 Å². The number of phenols is 1. The van der Waals surface area contributed by atoms with E-state index in [1.807, 2.05) is 0 Å². The Labute approximate surface area is 141 Å². The molecule has 1 heterocycles. The van der Waals surface area contributed by atoms with Crippen LogP contribution in [-0.4, -0.2) is 37.9 Å². The zero-order valence-corrected chi connectivity index (χ0v) is 14.2. The first-order chi connectivity index (χ1) is 11.4. The molecule has 1 N–H and O–H groups in total. The number of ether oxygens (including phenoxy) is 3. The Kier molecular flexibility index (Phi) is 5.74. The molecule has 0 unspecified atom stereocenters. The number of methoxy groups -OCH3 is 2. The van der Waals surface area contributed by atoms with E-state index in [1.54, 1.807) is 6.92 Å². The second kappa shape index (κ2) is 7.59. The lowest BCUT2D eigenvalue weighted by atomic mass is 10.0. The van der Waals surface area contributed by atoms with Crippen LogP contribution in [0.4, 0.5) is 4.39 Å². The predicted octanol–water partition coefficient (Wildman–Crippen LogP) is 3.11. The molecule has 2 rings (SSSR count). The molecule has 0 bridgehead atoms. The molecule has 1 atom stereocenters. The van der Waals surface area contributed by atoms with Crippen molar-refractivity contribution in [3.8, 4) is 11.5 Å². The van der Waals surface area contributed by atoms with Crippen molar-refractivity contribution in [1.29, 1.82) is 0 Å². The van der Waals surface area contributed by atoms with Crippen molar-refractivity contribution >= 4 is 33.2 Å². The maximum atomic E-state index is 14.5. The Morgan fingerprint density at radius 1 is 1.33 bits per heavy atom. The van der Waals surface area contributed by atoms with Gasteiger partial charge in [-0.3, -0.25) is 9.59 Å². The Bertz CT molecular complexity index is 770. The molecule has 0 spiro atoms. The monoisotopic (exact) mass is 356 g/mol. The van der Waals surface area contributed by atoms with E-state index in [0.717, 1.165) is 11.3 Å². The van der Waals surface area contributed by atoms with Crippen LogP contribution in [-0.2, 0) is 14.3 Å². The Hall–Kier alpha value is -2.19. The highest BCUT2D eigenvalue weighted by atomic mass is 32.1. The summed E-state index contributed by atoms with van der Waals surface area (Å²) < 4.78 is 29.2. The Morgan fingerprint density at radius 3 is 2.67 bits per heavy atom. The van der Waals surface area contributed by atoms with Crippen LogP contribution in [0.3, 0.4) is 0 Å². The predicted molar refractivity (Wildman–Crippen MR) is 86.1 cm³/mol. The molecule has 130 valence electrons. The van der Waals surface area contributed by atoms with Gasteiger partial charge >= 0.3 is 5.97 Å². The van der Waals surface area contributed by atoms with Gasteiger partial charge in [0.15, 0.2) is 29.9 Å². The number of thiophene rings is 1. The molecule has 0 saturated heterocycles. The van der Waals surface area contributed by atoms with E-state index in [9.17, 15) is 19.1 Å². The molecule has 0 radical (unpaired) electrons. The minimum atomic E-state index is -0.765. The van der Waals surface area contributed by atoms with Gasteiger partial charge in [-0.05, 0) is 6.07 Å². The van der Waals surface area contributed by atoms with Crippen molar-refractivity contribution in [1.82, 2.24) is 0 Å². The van der Waals surface area contributed by atoms with Gasteiger partial charge in [-0.25, -0.2) is 4.39 Å². The third kappa shape index (κ3) is 3.65. The molecule has 1 aromatic heterocycles. The maximum absolute atomic E-state index is 14.5. The highest BCUT2D eigenvalue weighted by Crippen LogP contribution is 2.39. The number of rotatable bonds is 7. The average molecular weight is 356 g/mol. The molecular weight excluding hydrogens is 339 g/mol. The number of carbonyl (C=O) groups is 2. The first-order valence-corrected chi connectivity index (χ1v) is 7.88. The zero-order chi connectivity index (χ0) is 17.9. The van der Waals surface area contributed by atoms with Crippen molar-refractivity contribution in [2.75, 3.05) is 21.0 Å². The number of benzene rings is 1. The molecule has 0 saturated carbocycles. The Morgan fingerprint density at radius 2 is 2.04 bits per heavy atom. The second-order valence-corrected chi connectivity index (χ2v) is 6.25. The van der Waals surface area contributed by atoms with Gasteiger partial charge < -0.3 is 19.3 Å². The fourth-order valence-corrected chi connectivity index (χ4v) is 3.20. The standard InChI is InChI=1S/C16H17FO6S/c1-8(16(20)22-3)4-10(18)13-5-9-12(24-13)6-11(19)15(14(9)17)23-7-21-2/h5-6,8,19H,4,7H2,1-3H3/t8-/m0/s1. The molecule has 0 amide bonds. The molecule has 0 aliphatic carbocycles. The van der Waals surface area contributed by atoms with Gasteiger partial charge in [0.25, 0.3) is 0 Å².